The van der Waals surface area contributed by atoms with Crippen molar-refractivity contribution in [1.29, 1.82) is 0 Å². The average molecular weight is 227 g/mol. The first-order chi connectivity index (χ1) is 8.18. The van der Waals surface area contributed by atoms with Crippen LogP contribution in [0.3, 0.4) is 0 Å². The third-order valence-corrected chi connectivity index (χ3v) is 3.30. The maximum Gasteiger partial charge on any atom is 0.121 e. The highest BCUT2D eigenvalue weighted by Gasteiger charge is 2.26. The van der Waals surface area contributed by atoms with Gasteiger partial charge in [0, 0.05) is 28.4 Å². The van der Waals surface area contributed by atoms with Gasteiger partial charge in [0.15, 0.2) is 0 Å². The standard InChI is InChI=1S/C14H13NO2/c1-8-13-9(4-2-6-11(13)16)15-10-5-3-7-12(17)14(8)10/h2-8,15-17H,1H3. The number of anilines is 2. The van der Waals surface area contributed by atoms with Crippen molar-refractivity contribution in [2.75, 3.05) is 5.32 Å². The molecule has 2 aromatic rings. The highest BCUT2D eigenvalue weighted by atomic mass is 16.3. The van der Waals surface area contributed by atoms with Crippen LogP contribution >= 0.6 is 0 Å². The van der Waals surface area contributed by atoms with E-state index < -0.39 is 0 Å². The van der Waals surface area contributed by atoms with E-state index in [0.717, 1.165) is 22.5 Å². The molecule has 2 aromatic carbocycles. The minimum absolute atomic E-state index is 0.0244. The molecule has 1 heterocycles. The van der Waals surface area contributed by atoms with Gasteiger partial charge in [-0.15, -0.1) is 0 Å². The summed E-state index contributed by atoms with van der Waals surface area (Å²) in [6.45, 7) is 1.98. The molecule has 0 aromatic heterocycles. The zero-order chi connectivity index (χ0) is 12.0. The fraction of sp³-hybridized carbons (Fsp3) is 0.143. The number of phenolic OH excluding ortho intramolecular Hbond substituents is 2. The molecule has 3 N–H and O–H groups in total. The highest BCUT2D eigenvalue weighted by molar-refractivity contribution is 5.77. The molecule has 1 aliphatic heterocycles. The van der Waals surface area contributed by atoms with Crippen molar-refractivity contribution in [3.63, 3.8) is 0 Å². The quantitative estimate of drug-likeness (QED) is 0.647. The number of aromatic hydroxyl groups is 2. The van der Waals surface area contributed by atoms with Crippen molar-refractivity contribution >= 4 is 11.4 Å². The van der Waals surface area contributed by atoms with Crippen LogP contribution in [0.15, 0.2) is 36.4 Å². The second-order valence-electron chi connectivity index (χ2n) is 4.32. The summed E-state index contributed by atoms with van der Waals surface area (Å²) in [5.74, 6) is 0.497. The van der Waals surface area contributed by atoms with Gasteiger partial charge < -0.3 is 15.5 Å². The topological polar surface area (TPSA) is 52.5 Å². The van der Waals surface area contributed by atoms with E-state index in [9.17, 15) is 10.2 Å². The third kappa shape index (κ3) is 1.35. The van der Waals surface area contributed by atoms with E-state index in [4.69, 9.17) is 0 Å². The van der Waals surface area contributed by atoms with Gasteiger partial charge in [0.1, 0.15) is 11.5 Å². The average Bonchev–Trinajstić information content (AvgIpc) is 2.28. The number of hydrogen-bond donors (Lipinski definition) is 3. The van der Waals surface area contributed by atoms with Crippen molar-refractivity contribution in [2.45, 2.75) is 12.8 Å². The zero-order valence-electron chi connectivity index (χ0n) is 9.44. The smallest absolute Gasteiger partial charge is 0.121 e. The Morgan fingerprint density at radius 2 is 1.35 bits per heavy atom. The van der Waals surface area contributed by atoms with Crippen LogP contribution < -0.4 is 5.32 Å². The number of nitrogens with one attached hydrogen (secondary N) is 1. The van der Waals surface area contributed by atoms with E-state index in [1.54, 1.807) is 12.1 Å². The normalized spacial score (nSPS) is 13.7. The maximum absolute atomic E-state index is 9.92. The molecule has 0 bridgehead atoms. The Balaban J connectivity index is 2.26. The van der Waals surface area contributed by atoms with Gasteiger partial charge in [0.25, 0.3) is 0 Å². The second kappa shape index (κ2) is 3.42. The Bertz CT molecular complexity index is 541. The number of hydrogen-bond acceptors (Lipinski definition) is 3. The van der Waals surface area contributed by atoms with Crippen molar-refractivity contribution in [1.82, 2.24) is 0 Å². The summed E-state index contributed by atoms with van der Waals surface area (Å²) in [4.78, 5) is 0. The molecule has 86 valence electrons. The van der Waals surface area contributed by atoms with Crippen LogP contribution in [0.4, 0.5) is 11.4 Å². The first-order valence-corrected chi connectivity index (χ1v) is 5.59. The first kappa shape index (κ1) is 10.0. The van der Waals surface area contributed by atoms with Gasteiger partial charge in [-0.3, -0.25) is 0 Å². The van der Waals surface area contributed by atoms with E-state index in [1.165, 1.54) is 0 Å². The van der Waals surface area contributed by atoms with Crippen molar-refractivity contribution < 1.29 is 10.2 Å². The van der Waals surface area contributed by atoms with E-state index in [-0.39, 0.29) is 17.4 Å². The molecule has 0 unspecified atom stereocenters. The first-order valence-electron chi connectivity index (χ1n) is 5.59. The predicted octanol–water partition coefficient (Wildman–Crippen LogP) is 3.31. The second-order valence-corrected chi connectivity index (χ2v) is 4.32. The molecular formula is C14H13NO2. The molecule has 3 nitrogen and oxygen atoms in total. The lowest BCUT2D eigenvalue weighted by Gasteiger charge is -2.28. The molecule has 3 rings (SSSR count). The number of fused-ring (bicyclic) bond motifs is 2. The summed E-state index contributed by atoms with van der Waals surface area (Å²) in [7, 11) is 0. The molecule has 1 aliphatic rings. The summed E-state index contributed by atoms with van der Waals surface area (Å²) in [5, 5.41) is 23.1. The Morgan fingerprint density at radius 3 is 1.82 bits per heavy atom. The molecular weight excluding hydrogens is 214 g/mol. The van der Waals surface area contributed by atoms with Crippen LogP contribution in [0.2, 0.25) is 0 Å². The number of benzene rings is 2. The lowest BCUT2D eigenvalue weighted by molar-refractivity contribution is 0.456. The molecule has 0 fully saturated rings. The minimum Gasteiger partial charge on any atom is -0.508 e. The summed E-state index contributed by atoms with van der Waals surface area (Å²) >= 11 is 0. The van der Waals surface area contributed by atoms with Gasteiger partial charge in [-0.2, -0.15) is 0 Å². The monoisotopic (exact) mass is 227 g/mol. The lowest BCUT2D eigenvalue weighted by Crippen LogP contribution is -2.10. The van der Waals surface area contributed by atoms with Crippen molar-refractivity contribution in [3.8, 4) is 11.5 Å². The molecule has 0 aliphatic carbocycles. The highest BCUT2D eigenvalue weighted by Crippen LogP contribution is 2.47. The van der Waals surface area contributed by atoms with Crippen molar-refractivity contribution in [2.24, 2.45) is 0 Å². The predicted molar refractivity (Wildman–Crippen MR) is 67.0 cm³/mol. The van der Waals surface area contributed by atoms with E-state index in [1.807, 2.05) is 31.2 Å². The summed E-state index contributed by atoms with van der Waals surface area (Å²) in [5.41, 5.74) is 3.47. The van der Waals surface area contributed by atoms with Crippen LogP contribution in [0.5, 0.6) is 11.5 Å². The molecule has 0 saturated carbocycles. The maximum atomic E-state index is 9.92. The Labute approximate surface area is 99.4 Å². The number of rotatable bonds is 0. The van der Waals surface area contributed by atoms with Crippen molar-refractivity contribution in [3.05, 3.63) is 47.5 Å². The van der Waals surface area contributed by atoms with Crippen LogP contribution in [-0.2, 0) is 0 Å². The minimum atomic E-state index is -0.0244. The number of phenols is 2. The lowest BCUT2D eigenvalue weighted by atomic mass is 9.86. The van der Waals surface area contributed by atoms with E-state index >= 15 is 0 Å². The summed E-state index contributed by atoms with van der Waals surface area (Å²) in [6.07, 6.45) is 0. The largest absolute Gasteiger partial charge is 0.508 e. The van der Waals surface area contributed by atoms with Crippen LogP contribution in [-0.4, -0.2) is 10.2 Å². The van der Waals surface area contributed by atoms with Gasteiger partial charge in [-0.05, 0) is 24.3 Å². The molecule has 17 heavy (non-hydrogen) atoms. The summed E-state index contributed by atoms with van der Waals surface area (Å²) in [6, 6.07) is 10.8. The zero-order valence-corrected chi connectivity index (χ0v) is 9.44. The molecule has 0 saturated heterocycles. The molecule has 0 atom stereocenters. The van der Waals surface area contributed by atoms with Gasteiger partial charge in [-0.25, -0.2) is 0 Å². The fourth-order valence-corrected chi connectivity index (χ4v) is 2.52. The van der Waals surface area contributed by atoms with Crippen LogP contribution in [0, 0.1) is 0 Å². The molecule has 0 spiro atoms. The van der Waals surface area contributed by atoms with Gasteiger partial charge in [0.05, 0.1) is 0 Å². The van der Waals surface area contributed by atoms with Gasteiger partial charge in [-0.1, -0.05) is 19.1 Å². The molecule has 3 heteroatoms. The Hall–Kier alpha value is -2.16. The van der Waals surface area contributed by atoms with E-state index in [2.05, 4.69) is 5.32 Å². The van der Waals surface area contributed by atoms with Crippen LogP contribution in [0.25, 0.3) is 0 Å². The Morgan fingerprint density at radius 1 is 0.882 bits per heavy atom. The van der Waals surface area contributed by atoms with Crippen LogP contribution in [0.1, 0.15) is 24.0 Å². The Kier molecular flexibility index (Phi) is 2.01. The van der Waals surface area contributed by atoms with Gasteiger partial charge >= 0.3 is 0 Å². The molecule has 0 amide bonds. The SMILES string of the molecule is CC1c2c(O)cccc2Nc2cccc(O)c21. The summed E-state index contributed by atoms with van der Waals surface area (Å²) < 4.78 is 0. The van der Waals surface area contributed by atoms with E-state index in [0.29, 0.717) is 0 Å². The molecule has 0 radical (unpaired) electrons. The van der Waals surface area contributed by atoms with Gasteiger partial charge in [0.2, 0.25) is 0 Å². The third-order valence-electron chi connectivity index (χ3n) is 3.30. The fourth-order valence-electron chi connectivity index (χ4n) is 2.52.